The topological polar surface area (TPSA) is 103 Å². The SMILES string of the molecule is COc1ccc(/C=c2\c(=O)n(-c3ccccc3)c3nn4c(n23)=NNC(N=Nc2ccc(Cl)cc2)=C4C)cc1. The first-order valence-corrected chi connectivity index (χ1v) is 12.1. The van der Waals surface area contributed by atoms with Gasteiger partial charge in [-0.05, 0) is 67.1 Å². The summed E-state index contributed by atoms with van der Waals surface area (Å²) in [4.78, 5) is 13.7. The first kappa shape index (κ1) is 23.4. The highest BCUT2D eigenvalue weighted by atomic mass is 35.5. The van der Waals surface area contributed by atoms with E-state index < -0.39 is 0 Å². The van der Waals surface area contributed by atoms with E-state index >= 15 is 0 Å². The third kappa shape index (κ3) is 4.06. The van der Waals surface area contributed by atoms with Crippen molar-refractivity contribution in [2.75, 3.05) is 7.11 Å². The molecule has 188 valence electrons. The standard InChI is InChI=1S/C27H21ClN8O2/c1-17-24(30-29-20-12-10-19(28)11-13-20)31-32-26-35-23(16-18-8-14-22(38-2)15-9-18)25(37)34(27(35)33-36(17)26)21-6-4-3-5-7-21/h3-16,31H,1-2H3/b23-16+,30-29?. The number of rotatable bonds is 5. The molecule has 0 saturated heterocycles. The second-order valence-corrected chi connectivity index (χ2v) is 8.90. The molecular formula is C27H21ClN8O2. The van der Waals surface area contributed by atoms with Crippen LogP contribution in [0.4, 0.5) is 5.69 Å². The van der Waals surface area contributed by atoms with E-state index in [1.165, 1.54) is 0 Å². The second-order valence-electron chi connectivity index (χ2n) is 8.46. The molecule has 0 unspecified atom stereocenters. The van der Waals surface area contributed by atoms with E-state index in [0.717, 1.165) is 11.3 Å². The number of ether oxygens (including phenoxy) is 1. The highest BCUT2D eigenvalue weighted by molar-refractivity contribution is 6.30. The lowest BCUT2D eigenvalue weighted by Gasteiger charge is -2.10. The molecule has 1 aliphatic rings. The molecule has 3 heterocycles. The van der Waals surface area contributed by atoms with Gasteiger partial charge in [0.1, 0.15) is 11.1 Å². The minimum absolute atomic E-state index is 0.219. The first-order chi connectivity index (χ1) is 18.5. The lowest BCUT2D eigenvalue weighted by molar-refractivity contribution is 0.415. The summed E-state index contributed by atoms with van der Waals surface area (Å²) in [5.41, 5.74) is 5.99. The average Bonchev–Trinajstić information content (AvgIpc) is 3.44. The largest absolute Gasteiger partial charge is 0.497 e. The Hall–Kier alpha value is -4.96. The van der Waals surface area contributed by atoms with Crippen LogP contribution in [0.2, 0.25) is 5.02 Å². The summed E-state index contributed by atoms with van der Waals surface area (Å²) < 4.78 is 10.2. The van der Waals surface area contributed by atoms with E-state index in [2.05, 4.69) is 20.8 Å². The Morgan fingerprint density at radius 1 is 0.974 bits per heavy atom. The van der Waals surface area contributed by atoms with Crippen LogP contribution in [0.3, 0.4) is 0 Å². The van der Waals surface area contributed by atoms with Crippen LogP contribution in [-0.2, 0) is 0 Å². The van der Waals surface area contributed by atoms with Gasteiger partial charge >= 0.3 is 0 Å². The molecule has 38 heavy (non-hydrogen) atoms. The number of hydrogen-bond acceptors (Lipinski definition) is 7. The zero-order valence-electron chi connectivity index (χ0n) is 20.4. The zero-order chi connectivity index (χ0) is 26.2. The van der Waals surface area contributed by atoms with Gasteiger partial charge < -0.3 is 4.74 Å². The van der Waals surface area contributed by atoms with Gasteiger partial charge in [0.15, 0.2) is 5.82 Å². The Labute approximate surface area is 221 Å². The number of imidazole rings is 1. The number of aromatic nitrogens is 4. The molecule has 0 fully saturated rings. The predicted octanol–water partition coefficient (Wildman–Crippen LogP) is 3.85. The number of allylic oxidation sites excluding steroid dienone is 1. The normalized spacial score (nSPS) is 13.6. The maximum atomic E-state index is 13.7. The van der Waals surface area contributed by atoms with Crippen LogP contribution in [-0.4, -0.2) is 25.9 Å². The number of nitrogens with zero attached hydrogens (tertiary/aromatic N) is 7. The van der Waals surface area contributed by atoms with Gasteiger partial charge in [-0.2, -0.15) is 4.68 Å². The van der Waals surface area contributed by atoms with Gasteiger partial charge in [-0.3, -0.25) is 10.2 Å². The average molecular weight is 525 g/mol. The first-order valence-electron chi connectivity index (χ1n) is 11.7. The molecule has 0 spiro atoms. The number of fused-ring (bicyclic) bond motifs is 3. The number of nitrogens with one attached hydrogen (secondary N) is 1. The van der Waals surface area contributed by atoms with Crippen LogP contribution in [0.1, 0.15) is 12.5 Å². The number of halogens is 1. The van der Waals surface area contributed by atoms with Crippen LogP contribution in [0.25, 0.3) is 23.2 Å². The van der Waals surface area contributed by atoms with Gasteiger partial charge in [0.25, 0.3) is 11.2 Å². The second kappa shape index (κ2) is 9.49. The fourth-order valence-electron chi connectivity index (χ4n) is 4.14. The molecule has 11 heteroatoms. The van der Waals surface area contributed by atoms with Gasteiger partial charge in [-0.25, -0.2) is 8.97 Å². The Kier molecular flexibility index (Phi) is 5.85. The minimum Gasteiger partial charge on any atom is -0.497 e. The van der Waals surface area contributed by atoms with E-state index in [1.807, 2.05) is 61.5 Å². The molecule has 0 aliphatic carbocycles. The molecule has 3 aromatic carbocycles. The lowest BCUT2D eigenvalue weighted by Crippen LogP contribution is -2.39. The Morgan fingerprint density at radius 3 is 2.42 bits per heavy atom. The van der Waals surface area contributed by atoms with Crippen LogP contribution in [0.15, 0.2) is 105 Å². The third-order valence-corrected chi connectivity index (χ3v) is 6.34. The Morgan fingerprint density at radius 2 is 1.71 bits per heavy atom. The molecule has 0 saturated carbocycles. The van der Waals surface area contributed by atoms with E-state index in [-0.39, 0.29) is 5.56 Å². The molecule has 10 nitrogen and oxygen atoms in total. The fraction of sp³-hybridized carbons (Fsp3) is 0.0741. The predicted molar refractivity (Wildman–Crippen MR) is 144 cm³/mol. The van der Waals surface area contributed by atoms with Crippen molar-refractivity contribution in [2.24, 2.45) is 15.3 Å². The molecule has 6 rings (SSSR count). The van der Waals surface area contributed by atoms with Crippen molar-refractivity contribution in [3.05, 3.63) is 117 Å². The van der Waals surface area contributed by atoms with Crippen molar-refractivity contribution in [2.45, 2.75) is 6.92 Å². The highest BCUT2D eigenvalue weighted by Gasteiger charge is 2.22. The van der Waals surface area contributed by atoms with Crippen LogP contribution in [0.5, 0.6) is 5.75 Å². The van der Waals surface area contributed by atoms with E-state index in [1.54, 1.807) is 51.1 Å². The van der Waals surface area contributed by atoms with Gasteiger partial charge in [0.2, 0.25) is 5.78 Å². The van der Waals surface area contributed by atoms with Crippen molar-refractivity contribution in [1.29, 1.82) is 0 Å². The maximum Gasteiger partial charge on any atom is 0.282 e. The van der Waals surface area contributed by atoms with Crippen molar-refractivity contribution in [3.8, 4) is 11.4 Å². The van der Waals surface area contributed by atoms with Crippen molar-refractivity contribution >= 4 is 34.8 Å². The Balaban J connectivity index is 1.55. The summed E-state index contributed by atoms with van der Waals surface area (Å²) in [7, 11) is 1.61. The van der Waals surface area contributed by atoms with E-state index in [0.29, 0.717) is 44.7 Å². The number of azo groups is 1. The molecule has 0 amide bonds. The van der Waals surface area contributed by atoms with Crippen LogP contribution >= 0.6 is 11.6 Å². The highest BCUT2D eigenvalue weighted by Crippen LogP contribution is 2.19. The molecular weight excluding hydrogens is 504 g/mol. The molecule has 1 aliphatic heterocycles. The molecule has 0 radical (unpaired) electrons. The molecule has 5 aromatic rings. The molecule has 0 bridgehead atoms. The number of hydrogen-bond donors (Lipinski definition) is 1. The molecule has 0 atom stereocenters. The summed E-state index contributed by atoms with van der Waals surface area (Å²) in [6.45, 7) is 1.85. The van der Waals surface area contributed by atoms with Crippen molar-refractivity contribution in [1.82, 2.24) is 24.2 Å². The number of para-hydroxylation sites is 1. The van der Waals surface area contributed by atoms with Crippen LogP contribution < -0.4 is 26.7 Å². The summed E-state index contributed by atoms with van der Waals surface area (Å²) in [6, 6.07) is 23.9. The van der Waals surface area contributed by atoms with Crippen molar-refractivity contribution in [3.63, 3.8) is 0 Å². The zero-order valence-corrected chi connectivity index (χ0v) is 21.2. The fourth-order valence-corrected chi connectivity index (χ4v) is 4.26. The van der Waals surface area contributed by atoms with Crippen LogP contribution in [0, 0.1) is 0 Å². The van der Waals surface area contributed by atoms with Gasteiger partial charge in [0, 0.05) is 5.02 Å². The van der Waals surface area contributed by atoms with Gasteiger partial charge in [0.05, 0.1) is 24.2 Å². The van der Waals surface area contributed by atoms with Gasteiger partial charge in [-0.15, -0.1) is 20.4 Å². The molecule has 1 N–H and O–H groups in total. The number of methoxy groups -OCH3 is 1. The quantitative estimate of drug-likeness (QED) is 0.353. The molecule has 2 aromatic heterocycles. The van der Waals surface area contributed by atoms with Gasteiger partial charge in [-0.1, -0.05) is 41.9 Å². The lowest BCUT2D eigenvalue weighted by atomic mass is 10.2. The monoisotopic (exact) mass is 524 g/mol. The summed E-state index contributed by atoms with van der Waals surface area (Å²) >= 11 is 5.96. The van der Waals surface area contributed by atoms with E-state index in [9.17, 15) is 4.79 Å². The minimum atomic E-state index is -0.219. The Bertz CT molecular complexity index is 1900. The maximum absolute atomic E-state index is 13.7. The summed E-state index contributed by atoms with van der Waals surface area (Å²) in [5, 5.41) is 18.9. The number of benzene rings is 3. The summed E-state index contributed by atoms with van der Waals surface area (Å²) in [5.74, 6) is 1.57. The summed E-state index contributed by atoms with van der Waals surface area (Å²) in [6.07, 6.45) is 1.81. The smallest absolute Gasteiger partial charge is 0.282 e. The third-order valence-electron chi connectivity index (χ3n) is 6.09. The van der Waals surface area contributed by atoms with Crippen molar-refractivity contribution < 1.29 is 4.74 Å². The van der Waals surface area contributed by atoms with E-state index in [4.69, 9.17) is 21.4 Å².